The van der Waals surface area contributed by atoms with Gasteiger partial charge in [0.05, 0.1) is 10.9 Å². The Hall–Kier alpha value is -3.06. The third-order valence-corrected chi connectivity index (χ3v) is 3.44. The van der Waals surface area contributed by atoms with Gasteiger partial charge in [0.15, 0.2) is 0 Å². The standard InChI is InChI=1S/C16H12FN3O3/c17-12-4-2-1-3-9(12)8-14-18-13-7-10(15(21)20-23)5-6-11(13)16(22)19-14/h1-7,23H,8H2,(H,20,21)(H,18,19,22). The summed E-state index contributed by atoms with van der Waals surface area (Å²) in [7, 11) is 0. The van der Waals surface area contributed by atoms with Crippen LogP contribution >= 0.6 is 0 Å². The minimum Gasteiger partial charge on any atom is -0.310 e. The highest BCUT2D eigenvalue weighted by Crippen LogP contribution is 2.14. The van der Waals surface area contributed by atoms with Gasteiger partial charge in [-0.3, -0.25) is 14.8 Å². The maximum Gasteiger partial charge on any atom is 0.274 e. The van der Waals surface area contributed by atoms with Gasteiger partial charge >= 0.3 is 0 Å². The number of hydroxylamine groups is 1. The second kappa shape index (κ2) is 5.98. The fourth-order valence-corrected chi connectivity index (χ4v) is 2.30. The van der Waals surface area contributed by atoms with Gasteiger partial charge in [-0.1, -0.05) is 18.2 Å². The lowest BCUT2D eigenvalue weighted by atomic mass is 10.1. The Bertz CT molecular complexity index is 953. The molecule has 1 amide bonds. The molecule has 0 unspecified atom stereocenters. The number of carbonyl (C=O) groups is 1. The minimum absolute atomic E-state index is 0.119. The number of rotatable bonds is 3. The normalized spacial score (nSPS) is 10.7. The summed E-state index contributed by atoms with van der Waals surface area (Å²) >= 11 is 0. The Labute approximate surface area is 129 Å². The van der Waals surface area contributed by atoms with Crippen molar-refractivity contribution in [2.45, 2.75) is 6.42 Å². The van der Waals surface area contributed by atoms with Crippen molar-refractivity contribution >= 4 is 16.8 Å². The zero-order valence-electron chi connectivity index (χ0n) is 11.8. The Balaban J connectivity index is 2.07. The summed E-state index contributed by atoms with van der Waals surface area (Å²) in [5.74, 6) is -0.803. The number of halogens is 1. The van der Waals surface area contributed by atoms with E-state index in [-0.39, 0.29) is 29.2 Å². The third kappa shape index (κ3) is 2.95. The summed E-state index contributed by atoms with van der Waals surface area (Å²) in [4.78, 5) is 30.4. The highest BCUT2D eigenvalue weighted by Gasteiger charge is 2.10. The Kier molecular flexibility index (Phi) is 3.86. The van der Waals surface area contributed by atoms with Crippen LogP contribution in [0.2, 0.25) is 0 Å². The molecule has 1 heterocycles. The van der Waals surface area contributed by atoms with Crippen LogP contribution in [0.5, 0.6) is 0 Å². The summed E-state index contributed by atoms with van der Waals surface area (Å²) in [6.07, 6.45) is 0.119. The Morgan fingerprint density at radius 1 is 1.26 bits per heavy atom. The molecule has 116 valence electrons. The van der Waals surface area contributed by atoms with Crippen molar-refractivity contribution in [3.8, 4) is 0 Å². The van der Waals surface area contributed by atoms with Crippen LogP contribution in [0.15, 0.2) is 47.3 Å². The molecule has 3 aromatic rings. The Morgan fingerprint density at radius 2 is 2.04 bits per heavy atom. The van der Waals surface area contributed by atoms with Crippen molar-refractivity contribution in [1.29, 1.82) is 0 Å². The van der Waals surface area contributed by atoms with E-state index in [0.29, 0.717) is 16.5 Å². The zero-order chi connectivity index (χ0) is 16.4. The number of nitrogens with one attached hydrogen (secondary N) is 2. The van der Waals surface area contributed by atoms with Crippen LogP contribution in [0.4, 0.5) is 4.39 Å². The van der Waals surface area contributed by atoms with Crippen molar-refractivity contribution in [2.75, 3.05) is 0 Å². The van der Waals surface area contributed by atoms with Crippen LogP contribution in [0.25, 0.3) is 10.9 Å². The van der Waals surface area contributed by atoms with E-state index < -0.39 is 5.91 Å². The van der Waals surface area contributed by atoms with E-state index in [4.69, 9.17) is 5.21 Å². The van der Waals surface area contributed by atoms with Gasteiger partial charge in [0, 0.05) is 12.0 Å². The second-order valence-electron chi connectivity index (χ2n) is 4.95. The van der Waals surface area contributed by atoms with Crippen LogP contribution < -0.4 is 11.0 Å². The first-order valence-electron chi connectivity index (χ1n) is 6.79. The van der Waals surface area contributed by atoms with Gasteiger partial charge in [-0.15, -0.1) is 0 Å². The van der Waals surface area contributed by atoms with Crippen molar-refractivity contribution in [2.24, 2.45) is 0 Å². The monoisotopic (exact) mass is 313 g/mol. The smallest absolute Gasteiger partial charge is 0.274 e. The first-order chi connectivity index (χ1) is 11.1. The average Bonchev–Trinajstić information content (AvgIpc) is 2.55. The fourth-order valence-electron chi connectivity index (χ4n) is 2.30. The number of aromatic nitrogens is 2. The summed E-state index contributed by atoms with van der Waals surface area (Å²) in [6.45, 7) is 0. The van der Waals surface area contributed by atoms with E-state index in [2.05, 4.69) is 9.97 Å². The molecule has 0 saturated heterocycles. The van der Waals surface area contributed by atoms with E-state index in [1.807, 2.05) is 0 Å². The molecule has 2 aromatic carbocycles. The number of amides is 1. The van der Waals surface area contributed by atoms with E-state index in [9.17, 15) is 14.0 Å². The molecule has 0 aliphatic rings. The molecule has 0 radical (unpaired) electrons. The number of benzene rings is 2. The quantitative estimate of drug-likeness (QED) is 0.507. The molecule has 0 fully saturated rings. The van der Waals surface area contributed by atoms with Crippen LogP contribution in [-0.4, -0.2) is 21.1 Å². The molecular weight excluding hydrogens is 301 g/mol. The van der Waals surface area contributed by atoms with Crippen LogP contribution in [0, 0.1) is 5.82 Å². The average molecular weight is 313 g/mol. The van der Waals surface area contributed by atoms with Crippen LogP contribution in [0.3, 0.4) is 0 Å². The van der Waals surface area contributed by atoms with Gasteiger partial charge in [0.25, 0.3) is 11.5 Å². The summed E-state index contributed by atoms with van der Waals surface area (Å²) in [5, 5.41) is 8.97. The van der Waals surface area contributed by atoms with Crippen molar-refractivity contribution in [3.05, 3.63) is 75.6 Å². The number of carbonyl (C=O) groups excluding carboxylic acids is 1. The summed E-state index contributed by atoms with van der Waals surface area (Å²) < 4.78 is 13.7. The summed E-state index contributed by atoms with van der Waals surface area (Å²) in [6, 6.07) is 10.4. The third-order valence-electron chi connectivity index (χ3n) is 3.44. The lowest BCUT2D eigenvalue weighted by Gasteiger charge is -2.05. The van der Waals surface area contributed by atoms with Crippen LogP contribution in [0.1, 0.15) is 21.7 Å². The van der Waals surface area contributed by atoms with Gasteiger partial charge in [-0.2, -0.15) is 0 Å². The SMILES string of the molecule is O=C(NO)c1ccc2c(=O)[nH]c(Cc3ccccc3F)nc2c1. The molecule has 0 bridgehead atoms. The van der Waals surface area contributed by atoms with E-state index >= 15 is 0 Å². The van der Waals surface area contributed by atoms with Gasteiger partial charge in [-0.05, 0) is 29.8 Å². The lowest BCUT2D eigenvalue weighted by molar-refractivity contribution is 0.0706. The first kappa shape index (κ1) is 14.9. The van der Waals surface area contributed by atoms with Gasteiger partial charge in [0.1, 0.15) is 11.6 Å². The topological polar surface area (TPSA) is 95.1 Å². The highest BCUT2D eigenvalue weighted by atomic mass is 19.1. The molecule has 0 aliphatic carbocycles. The molecule has 0 atom stereocenters. The maximum atomic E-state index is 13.7. The number of H-pyrrole nitrogens is 1. The number of aromatic amines is 1. The molecule has 1 aromatic heterocycles. The number of nitrogens with zero attached hydrogens (tertiary/aromatic N) is 1. The molecule has 23 heavy (non-hydrogen) atoms. The van der Waals surface area contributed by atoms with E-state index in [0.717, 1.165) is 0 Å². The predicted molar refractivity (Wildman–Crippen MR) is 80.8 cm³/mol. The largest absolute Gasteiger partial charge is 0.310 e. The van der Waals surface area contributed by atoms with E-state index in [1.54, 1.807) is 18.2 Å². The Morgan fingerprint density at radius 3 is 2.78 bits per heavy atom. The van der Waals surface area contributed by atoms with Crippen LogP contribution in [-0.2, 0) is 6.42 Å². The first-order valence-corrected chi connectivity index (χ1v) is 6.79. The predicted octanol–water partition coefficient (Wildman–Crippen LogP) is 1.77. The maximum absolute atomic E-state index is 13.7. The molecule has 6 nitrogen and oxygen atoms in total. The molecule has 0 spiro atoms. The van der Waals surface area contributed by atoms with Crippen molar-refractivity contribution < 1.29 is 14.4 Å². The minimum atomic E-state index is -0.704. The number of hydrogen-bond acceptors (Lipinski definition) is 4. The molecule has 0 aliphatic heterocycles. The molecule has 3 rings (SSSR count). The van der Waals surface area contributed by atoms with Gasteiger partial charge in [0.2, 0.25) is 0 Å². The molecular formula is C16H12FN3O3. The second-order valence-corrected chi connectivity index (χ2v) is 4.95. The van der Waals surface area contributed by atoms with Crippen molar-refractivity contribution in [3.63, 3.8) is 0 Å². The van der Waals surface area contributed by atoms with Gasteiger partial charge in [-0.25, -0.2) is 14.9 Å². The highest BCUT2D eigenvalue weighted by molar-refractivity contribution is 5.96. The van der Waals surface area contributed by atoms with Crippen molar-refractivity contribution in [1.82, 2.24) is 15.4 Å². The number of hydrogen-bond donors (Lipinski definition) is 3. The summed E-state index contributed by atoms with van der Waals surface area (Å²) in [5.41, 5.74) is 2.00. The van der Waals surface area contributed by atoms with E-state index in [1.165, 1.54) is 29.7 Å². The molecule has 7 heteroatoms. The lowest BCUT2D eigenvalue weighted by Crippen LogP contribution is -2.19. The molecule has 3 N–H and O–H groups in total. The molecule has 0 saturated carbocycles. The number of fused-ring (bicyclic) bond motifs is 1. The van der Waals surface area contributed by atoms with Gasteiger partial charge < -0.3 is 4.98 Å². The zero-order valence-corrected chi connectivity index (χ0v) is 11.8. The fraction of sp³-hybridized carbons (Fsp3) is 0.0625.